The Morgan fingerprint density at radius 3 is 1.12 bits per heavy atom. The molecule has 3 heteroatoms. The third-order valence-corrected chi connectivity index (χ3v) is 14.2. The van der Waals surface area contributed by atoms with Crippen molar-refractivity contribution in [2.24, 2.45) is 47.3 Å². The lowest BCUT2D eigenvalue weighted by Gasteiger charge is -2.56. The van der Waals surface area contributed by atoms with Crippen LogP contribution in [-0.4, -0.2) is 22.8 Å². The highest BCUT2D eigenvalue weighted by atomic mass is 28.4. The van der Waals surface area contributed by atoms with Gasteiger partial charge in [-0.1, -0.05) is 55.4 Å². The summed E-state index contributed by atoms with van der Waals surface area (Å²) in [7, 11) is 1.58. The molecule has 2 aliphatic carbocycles. The van der Waals surface area contributed by atoms with Crippen LogP contribution in [-0.2, 0) is 8.85 Å². The minimum atomic E-state index is -2.34. The lowest BCUT2D eigenvalue weighted by atomic mass is 9.69. The van der Waals surface area contributed by atoms with E-state index in [1.54, 1.807) is 0 Å². The van der Waals surface area contributed by atoms with Gasteiger partial charge in [-0.3, -0.25) is 0 Å². The topological polar surface area (TPSA) is 18.5 Å². The SMILES string of the molecule is CO[Si](OC)(C1C(C)CC(C)C(C)C1C)C1C(C)CC(C)C(C)C1C. The van der Waals surface area contributed by atoms with Crippen LogP contribution < -0.4 is 0 Å². The molecule has 0 amide bonds. The predicted octanol–water partition coefficient (Wildman–Crippen LogP) is 6.36. The van der Waals surface area contributed by atoms with Gasteiger partial charge in [0, 0.05) is 25.3 Å². The van der Waals surface area contributed by atoms with Crippen LogP contribution in [0.1, 0.15) is 68.2 Å². The van der Waals surface area contributed by atoms with Crippen molar-refractivity contribution in [2.45, 2.75) is 79.3 Å². The maximum absolute atomic E-state index is 6.53. The Hall–Kier alpha value is 0.137. The first-order valence-corrected chi connectivity index (χ1v) is 12.7. The Kier molecular flexibility index (Phi) is 6.88. The molecule has 2 aliphatic rings. The van der Waals surface area contributed by atoms with Gasteiger partial charge in [0.15, 0.2) is 0 Å². The average molecular weight is 369 g/mol. The van der Waals surface area contributed by atoms with Crippen molar-refractivity contribution in [3.63, 3.8) is 0 Å². The third kappa shape index (κ3) is 3.50. The van der Waals surface area contributed by atoms with Gasteiger partial charge in [0.25, 0.3) is 0 Å². The average Bonchev–Trinajstić information content (AvgIpc) is 2.56. The van der Waals surface area contributed by atoms with E-state index in [0.29, 0.717) is 34.8 Å². The van der Waals surface area contributed by atoms with Gasteiger partial charge in [0.1, 0.15) is 0 Å². The quantitative estimate of drug-likeness (QED) is 0.538. The standard InChI is InChI=1S/C22H44O2Si/c1-13-11-15(3)21(19(7)17(13)5)25(23-9,24-10)22-16(4)12-14(2)18(6)20(22)8/h13-22H,11-12H2,1-10H3. The first-order valence-electron chi connectivity index (χ1n) is 10.7. The normalized spacial score (nSPS) is 49.2. The fourth-order valence-corrected chi connectivity index (χ4v) is 12.6. The van der Waals surface area contributed by atoms with Crippen LogP contribution in [0.2, 0.25) is 11.1 Å². The first-order chi connectivity index (χ1) is 11.6. The second-order valence-electron chi connectivity index (χ2n) is 10.00. The molecule has 0 saturated heterocycles. The van der Waals surface area contributed by atoms with Crippen LogP contribution in [0.5, 0.6) is 0 Å². The molecule has 0 heterocycles. The lowest BCUT2D eigenvalue weighted by molar-refractivity contribution is 0.0682. The molecule has 2 nitrogen and oxygen atoms in total. The van der Waals surface area contributed by atoms with Gasteiger partial charge in [-0.2, -0.15) is 0 Å². The molecule has 0 spiro atoms. The zero-order valence-corrected chi connectivity index (χ0v) is 19.5. The molecule has 2 fully saturated rings. The molecule has 0 bridgehead atoms. The predicted molar refractivity (Wildman–Crippen MR) is 110 cm³/mol. The maximum atomic E-state index is 6.53. The molecule has 0 radical (unpaired) electrons. The molecule has 10 atom stereocenters. The maximum Gasteiger partial charge on any atom is 0.345 e. The molecule has 25 heavy (non-hydrogen) atoms. The Morgan fingerprint density at radius 2 is 0.840 bits per heavy atom. The smallest absolute Gasteiger partial charge is 0.345 e. The van der Waals surface area contributed by atoms with Gasteiger partial charge < -0.3 is 8.85 Å². The van der Waals surface area contributed by atoms with Crippen molar-refractivity contribution in [1.29, 1.82) is 0 Å². The molecule has 0 aromatic carbocycles. The highest BCUT2D eigenvalue weighted by Crippen LogP contribution is 2.59. The van der Waals surface area contributed by atoms with E-state index >= 15 is 0 Å². The number of hydrogen-bond acceptors (Lipinski definition) is 2. The molecule has 0 N–H and O–H groups in total. The largest absolute Gasteiger partial charge is 0.397 e. The molecule has 0 aliphatic heterocycles. The molecule has 2 rings (SSSR count). The van der Waals surface area contributed by atoms with Gasteiger partial charge in [0.2, 0.25) is 0 Å². The molecular weight excluding hydrogens is 324 g/mol. The summed E-state index contributed by atoms with van der Waals surface area (Å²) in [5, 5.41) is 0. The minimum Gasteiger partial charge on any atom is -0.397 e. The first kappa shape index (κ1) is 21.4. The van der Waals surface area contributed by atoms with Crippen molar-refractivity contribution in [3.8, 4) is 0 Å². The van der Waals surface area contributed by atoms with E-state index in [2.05, 4.69) is 55.4 Å². The van der Waals surface area contributed by atoms with Crippen molar-refractivity contribution in [3.05, 3.63) is 0 Å². The van der Waals surface area contributed by atoms with Crippen molar-refractivity contribution < 1.29 is 8.85 Å². The second-order valence-corrected chi connectivity index (χ2v) is 13.6. The zero-order valence-electron chi connectivity index (χ0n) is 18.5. The van der Waals surface area contributed by atoms with E-state index in [9.17, 15) is 0 Å². The Balaban J connectivity index is 2.46. The van der Waals surface area contributed by atoms with Gasteiger partial charge >= 0.3 is 8.56 Å². The monoisotopic (exact) mass is 368 g/mol. The van der Waals surface area contributed by atoms with Crippen LogP contribution in [0.4, 0.5) is 0 Å². The van der Waals surface area contributed by atoms with Gasteiger partial charge in [-0.05, 0) is 60.2 Å². The molecule has 0 aromatic rings. The molecular formula is C22H44O2Si. The van der Waals surface area contributed by atoms with Crippen LogP contribution in [0, 0.1) is 47.3 Å². The van der Waals surface area contributed by atoms with Crippen molar-refractivity contribution in [2.75, 3.05) is 14.2 Å². The van der Waals surface area contributed by atoms with Crippen LogP contribution in [0.25, 0.3) is 0 Å². The zero-order chi connectivity index (χ0) is 19.1. The summed E-state index contributed by atoms with van der Waals surface area (Å²) in [6.07, 6.45) is 2.64. The summed E-state index contributed by atoms with van der Waals surface area (Å²) < 4.78 is 13.1. The summed E-state index contributed by atoms with van der Waals surface area (Å²) in [5.41, 5.74) is 1.20. The summed E-state index contributed by atoms with van der Waals surface area (Å²) >= 11 is 0. The highest BCUT2D eigenvalue weighted by Gasteiger charge is 2.61. The van der Waals surface area contributed by atoms with Crippen molar-refractivity contribution >= 4 is 8.56 Å². The van der Waals surface area contributed by atoms with Gasteiger partial charge in [-0.15, -0.1) is 0 Å². The highest BCUT2D eigenvalue weighted by molar-refractivity contribution is 6.70. The summed E-state index contributed by atoms with van der Waals surface area (Å²) in [5.74, 6) is 5.87. The Bertz CT molecular complexity index is 400. The van der Waals surface area contributed by atoms with E-state index in [-0.39, 0.29) is 0 Å². The molecule has 148 valence electrons. The van der Waals surface area contributed by atoms with Crippen LogP contribution in [0.15, 0.2) is 0 Å². The summed E-state index contributed by atoms with van der Waals surface area (Å²) in [6.45, 7) is 19.7. The number of hydrogen-bond donors (Lipinski definition) is 0. The van der Waals surface area contributed by atoms with E-state index < -0.39 is 8.56 Å². The fraction of sp³-hybridized carbons (Fsp3) is 1.00. The van der Waals surface area contributed by atoms with E-state index in [1.165, 1.54) is 12.8 Å². The van der Waals surface area contributed by atoms with E-state index in [1.807, 2.05) is 14.2 Å². The van der Waals surface area contributed by atoms with Gasteiger partial charge in [-0.25, -0.2) is 0 Å². The van der Waals surface area contributed by atoms with Gasteiger partial charge in [0.05, 0.1) is 0 Å². The summed E-state index contributed by atoms with van der Waals surface area (Å²) in [6, 6.07) is 0. The Morgan fingerprint density at radius 1 is 0.520 bits per heavy atom. The number of rotatable bonds is 4. The summed E-state index contributed by atoms with van der Waals surface area (Å²) in [4.78, 5) is 0. The minimum absolute atomic E-state index is 0.601. The van der Waals surface area contributed by atoms with Crippen LogP contribution >= 0.6 is 0 Å². The van der Waals surface area contributed by atoms with Crippen LogP contribution in [0.3, 0.4) is 0 Å². The van der Waals surface area contributed by atoms with E-state index in [0.717, 1.165) is 23.7 Å². The third-order valence-electron chi connectivity index (χ3n) is 8.87. The van der Waals surface area contributed by atoms with Crippen molar-refractivity contribution in [1.82, 2.24) is 0 Å². The van der Waals surface area contributed by atoms with E-state index in [4.69, 9.17) is 8.85 Å². The second kappa shape index (κ2) is 8.02. The lowest BCUT2D eigenvalue weighted by Crippen LogP contribution is -2.60. The molecule has 2 saturated carbocycles. The fourth-order valence-electron chi connectivity index (χ4n) is 7.00. The molecule has 10 unspecified atom stereocenters. The molecule has 0 aromatic heterocycles. The Labute approximate surface area is 158 Å².